The molecule has 124 valence electrons. The summed E-state index contributed by atoms with van der Waals surface area (Å²) in [7, 11) is 0. The second-order valence-corrected chi connectivity index (χ2v) is 7.35. The molecule has 0 bridgehead atoms. The van der Waals surface area contributed by atoms with E-state index in [0.29, 0.717) is 28.6 Å². The molecule has 0 saturated heterocycles. The normalized spacial score (nSPS) is 11.8. The first-order valence-electron chi connectivity index (χ1n) is 8.21. The SMILES string of the molecule is Cc1c(Cc2ccc(C(C)(C)C)cc2)c(=O)c2ccccc2n1O. The standard InChI is InChI=1S/C21H23NO2/c1-14-18(13-15-9-11-16(12-10-15)21(2,3)4)20(23)17-7-5-6-8-19(17)22(14)24/h5-12,24H,13H2,1-4H3. The van der Waals surface area contributed by atoms with Crippen molar-refractivity contribution in [1.82, 2.24) is 4.73 Å². The number of fused-ring (bicyclic) bond motifs is 1. The Balaban J connectivity index is 2.06. The van der Waals surface area contributed by atoms with Crippen LogP contribution in [0.25, 0.3) is 10.9 Å². The lowest BCUT2D eigenvalue weighted by atomic mass is 9.86. The van der Waals surface area contributed by atoms with E-state index in [1.165, 1.54) is 5.56 Å². The Kier molecular flexibility index (Phi) is 3.96. The molecule has 0 saturated carbocycles. The van der Waals surface area contributed by atoms with Crippen LogP contribution in [0.15, 0.2) is 53.3 Å². The van der Waals surface area contributed by atoms with Gasteiger partial charge in [-0.15, -0.1) is 0 Å². The van der Waals surface area contributed by atoms with Gasteiger partial charge in [0.05, 0.1) is 11.2 Å². The maximum atomic E-state index is 12.8. The fraction of sp³-hybridized carbons (Fsp3) is 0.286. The van der Waals surface area contributed by atoms with E-state index in [2.05, 4.69) is 45.0 Å². The van der Waals surface area contributed by atoms with E-state index in [-0.39, 0.29) is 10.8 Å². The zero-order valence-electron chi connectivity index (χ0n) is 14.6. The Bertz CT molecular complexity index is 944. The minimum Gasteiger partial charge on any atom is -0.428 e. The predicted octanol–water partition coefficient (Wildman–Crippen LogP) is 4.44. The Morgan fingerprint density at radius 2 is 1.62 bits per heavy atom. The lowest BCUT2D eigenvalue weighted by Gasteiger charge is -2.19. The molecular weight excluding hydrogens is 298 g/mol. The first-order valence-corrected chi connectivity index (χ1v) is 8.21. The van der Waals surface area contributed by atoms with Gasteiger partial charge in [0.2, 0.25) is 0 Å². The fourth-order valence-corrected chi connectivity index (χ4v) is 3.02. The number of nitrogens with zero attached hydrogens (tertiary/aromatic N) is 1. The van der Waals surface area contributed by atoms with Gasteiger partial charge in [-0.3, -0.25) is 4.79 Å². The highest BCUT2D eigenvalue weighted by Gasteiger charge is 2.16. The molecule has 0 unspecified atom stereocenters. The number of para-hydroxylation sites is 1. The van der Waals surface area contributed by atoms with Gasteiger partial charge in [0.1, 0.15) is 0 Å². The van der Waals surface area contributed by atoms with E-state index in [0.717, 1.165) is 10.3 Å². The summed E-state index contributed by atoms with van der Waals surface area (Å²) in [6.07, 6.45) is 0.514. The maximum absolute atomic E-state index is 12.8. The van der Waals surface area contributed by atoms with E-state index < -0.39 is 0 Å². The fourth-order valence-electron chi connectivity index (χ4n) is 3.02. The van der Waals surface area contributed by atoms with Gasteiger partial charge >= 0.3 is 0 Å². The summed E-state index contributed by atoms with van der Waals surface area (Å²) in [6.45, 7) is 8.33. The summed E-state index contributed by atoms with van der Waals surface area (Å²) in [5.41, 5.74) is 4.22. The Hall–Kier alpha value is -2.55. The van der Waals surface area contributed by atoms with Gasteiger partial charge in [-0.25, -0.2) is 0 Å². The molecule has 0 aliphatic heterocycles. The molecule has 1 heterocycles. The number of hydrogen-bond donors (Lipinski definition) is 1. The second kappa shape index (κ2) is 5.82. The first kappa shape index (κ1) is 16.3. The van der Waals surface area contributed by atoms with Crippen molar-refractivity contribution >= 4 is 10.9 Å². The molecule has 3 heteroatoms. The molecule has 0 radical (unpaired) electrons. The molecule has 0 aliphatic rings. The largest absolute Gasteiger partial charge is 0.428 e. The number of aromatic nitrogens is 1. The summed E-state index contributed by atoms with van der Waals surface area (Å²) in [6, 6.07) is 15.5. The Morgan fingerprint density at radius 3 is 2.25 bits per heavy atom. The van der Waals surface area contributed by atoms with Crippen molar-refractivity contribution in [3.8, 4) is 0 Å². The lowest BCUT2D eigenvalue weighted by Crippen LogP contribution is -2.18. The van der Waals surface area contributed by atoms with Crippen LogP contribution in [-0.2, 0) is 11.8 Å². The van der Waals surface area contributed by atoms with E-state index in [4.69, 9.17) is 0 Å². The topological polar surface area (TPSA) is 42.2 Å². The summed E-state index contributed by atoms with van der Waals surface area (Å²) in [5.74, 6) is 0. The Morgan fingerprint density at radius 1 is 1.00 bits per heavy atom. The van der Waals surface area contributed by atoms with Crippen LogP contribution in [0.3, 0.4) is 0 Å². The molecule has 24 heavy (non-hydrogen) atoms. The van der Waals surface area contributed by atoms with Crippen molar-refractivity contribution in [3.63, 3.8) is 0 Å². The summed E-state index contributed by atoms with van der Waals surface area (Å²) < 4.78 is 1.12. The average molecular weight is 321 g/mol. The molecule has 0 spiro atoms. The number of rotatable bonds is 2. The summed E-state index contributed by atoms with van der Waals surface area (Å²) >= 11 is 0. The van der Waals surface area contributed by atoms with Crippen molar-refractivity contribution in [3.05, 3.63) is 81.1 Å². The first-order chi connectivity index (χ1) is 11.3. The number of benzene rings is 2. The van der Waals surface area contributed by atoms with Crippen molar-refractivity contribution in [2.75, 3.05) is 0 Å². The molecule has 2 aromatic carbocycles. The minimum absolute atomic E-state index is 0.00621. The minimum atomic E-state index is -0.00621. The summed E-state index contributed by atoms with van der Waals surface area (Å²) in [5, 5.41) is 10.9. The van der Waals surface area contributed by atoms with Crippen LogP contribution in [0.4, 0.5) is 0 Å². The third-order valence-electron chi connectivity index (χ3n) is 4.61. The van der Waals surface area contributed by atoms with E-state index >= 15 is 0 Å². The average Bonchev–Trinajstić information content (AvgIpc) is 2.56. The van der Waals surface area contributed by atoms with Gasteiger partial charge in [0.15, 0.2) is 5.43 Å². The lowest BCUT2D eigenvalue weighted by molar-refractivity contribution is 0.190. The van der Waals surface area contributed by atoms with Crippen LogP contribution in [0.2, 0.25) is 0 Å². The third-order valence-corrected chi connectivity index (χ3v) is 4.61. The zero-order valence-corrected chi connectivity index (χ0v) is 14.6. The van der Waals surface area contributed by atoms with Gasteiger partial charge < -0.3 is 5.21 Å². The van der Waals surface area contributed by atoms with Crippen LogP contribution in [0, 0.1) is 6.92 Å². The van der Waals surface area contributed by atoms with Gasteiger partial charge in [0.25, 0.3) is 0 Å². The van der Waals surface area contributed by atoms with E-state index in [1.54, 1.807) is 19.1 Å². The number of pyridine rings is 1. The van der Waals surface area contributed by atoms with Crippen molar-refractivity contribution < 1.29 is 5.21 Å². The van der Waals surface area contributed by atoms with E-state index in [9.17, 15) is 10.0 Å². The van der Waals surface area contributed by atoms with Crippen LogP contribution < -0.4 is 5.43 Å². The maximum Gasteiger partial charge on any atom is 0.193 e. The van der Waals surface area contributed by atoms with Gasteiger partial charge in [-0.2, -0.15) is 4.73 Å². The third kappa shape index (κ3) is 2.82. The van der Waals surface area contributed by atoms with E-state index in [1.807, 2.05) is 12.1 Å². The molecule has 0 fully saturated rings. The van der Waals surface area contributed by atoms with Crippen molar-refractivity contribution in [2.24, 2.45) is 0 Å². The molecule has 0 amide bonds. The van der Waals surface area contributed by atoms with Crippen LogP contribution >= 0.6 is 0 Å². The predicted molar refractivity (Wildman–Crippen MR) is 98.1 cm³/mol. The zero-order chi connectivity index (χ0) is 17.5. The Labute approximate surface area is 142 Å². The van der Waals surface area contributed by atoms with Crippen molar-refractivity contribution in [2.45, 2.75) is 39.5 Å². The highest BCUT2D eigenvalue weighted by molar-refractivity contribution is 5.79. The van der Waals surface area contributed by atoms with Gasteiger partial charge in [0, 0.05) is 17.4 Å². The molecule has 3 nitrogen and oxygen atoms in total. The van der Waals surface area contributed by atoms with Crippen LogP contribution in [-0.4, -0.2) is 9.94 Å². The molecule has 1 N–H and O–H groups in total. The summed E-state index contributed by atoms with van der Waals surface area (Å²) in [4.78, 5) is 12.8. The molecule has 0 atom stereocenters. The smallest absolute Gasteiger partial charge is 0.193 e. The molecule has 3 aromatic rings. The monoisotopic (exact) mass is 321 g/mol. The molecule has 0 aliphatic carbocycles. The molecule has 1 aromatic heterocycles. The number of hydrogen-bond acceptors (Lipinski definition) is 2. The quantitative estimate of drug-likeness (QED) is 0.709. The second-order valence-electron chi connectivity index (χ2n) is 7.35. The molecular formula is C21H23NO2. The highest BCUT2D eigenvalue weighted by atomic mass is 16.5. The van der Waals surface area contributed by atoms with Gasteiger partial charge in [-0.05, 0) is 35.6 Å². The van der Waals surface area contributed by atoms with Crippen molar-refractivity contribution in [1.29, 1.82) is 0 Å². The highest BCUT2D eigenvalue weighted by Crippen LogP contribution is 2.23. The van der Waals surface area contributed by atoms with Crippen LogP contribution in [0.5, 0.6) is 0 Å². The molecule has 3 rings (SSSR count). The van der Waals surface area contributed by atoms with Gasteiger partial charge in [-0.1, -0.05) is 57.2 Å². The van der Waals surface area contributed by atoms with Crippen LogP contribution in [0.1, 0.15) is 43.2 Å².